The molecular weight excluding hydrogens is 392 g/mol. The molecule has 3 rings (SSSR count). The zero-order chi connectivity index (χ0) is 22.2. The zero-order valence-corrected chi connectivity index (χ0v) is 18.7. The van der Waals surface area contributed by atoms with Crippen molar-refractivity contribution in [2.24, 2.45) is 0 Å². The highest BCUT2D eigenvalue weighted by atomic mass is 16.5. The molecule has 1 saturated heterocycles. The summed E-state index contributed by atoms with van der Waals surface area (Å²) in [5, 5.41) is 5.95. The highest BCUT2D eigenvalue weighted by Gasteiger charge is 2.20. The van der Waals surface area contributed by atoms with Gasteiger partial charge in [0, 0.05) is 43.0 Å². The van der Waals surface area contributed by atoms with E-state index in [9.17, 15) is 9.59 Å². The van der Waals surface area contributed by atoms with E-state index in [2.05, 4.69) is 29.6 Å². The fourth-order valence-corrected chi connectivity index (χ4v) is 3.74. The molecule has 1 aliphatic rings. The second-order valence-corrected chi connectivity index (χ2v) is 8.18. The molecule has 0 bridgehead atoms. The van der Waals surface area contributed by atoms with Crippen molar-refractivity contribution in [3.63, 3.8) is 0 Å². The Hall–Kier alpha value is -3.06. The third kappa shape index (κ3) is 6.21. The van der Waals surface area contributed by atoms with Crippen LogP contribution in [0.15, 0.2) is 42.5 Å². The van der Waals surface area contributed by atoms with Crippen LogP contribution in [0.5, 0.6) is 5.75 Å². The van der Waals surface area contributed by atoms with Crippen LogP contribution < -0.4 is 25.2 Å². The number of carbonyl (C=O) groups excluding carboxylic acids is 2. The molecule has 31 heavy (non-hydrogen) atoms. The highest BCUT2D eigenvalue weighted by Crippen LogP contribution is 2.28. The van der Waals surface area contributed by atoms with Gasteiger partial charge in [-0.2, -0.15) is 0 Å². The number of quaternary nitrogens is 1. The first-order valence-corrected chi connectivity index (χ1v) is 10.9. The summed E-state index contributed by atoms with van der Waals surface area (Å²) < 4.78 is 5.20. The van der Waals surface area contributed by atoms with Gasteiger partial charge >= 0.3 is 0 Å². The largest absolute Gasteiger partial charge is 0.497 e. The van der Waals surface area contributed by atoms with Crippen LogP contribution in [-0.2, 0) is 0 Å². The van der Waals surface area contributed by atoms with Crippen molar-refractivity contribution in [2.45, 2.75) is 19.3 Å². The SMILES string of the molecule is COc1cccc(C(=O)Nc2ccc(N3CCCC3)c(C(=O)NCCC[NH+](C)C)c2)c1. The first-order valence-electron chi connectivity index (χ1n) is 10.9. The van der Waals surface area contributed by atoms with Gasteiger partial charge in [0.25, 0.3) is 11.8 Å². The quantitative estimate of drug-likeness (QED) is 0.536. The number of methoxy groups -OCH3 is 1. The van der Waals surface area contributed by atoms with Crippen LogP contribution in [0.3, 0.4) is 0 Å². The normalized spacial score (nSPS) is 13.4. The summed E-state index contributed by atoms with van der Waals surface area (Å²) in [7, 11) is 5.77. The molecule has 2 aromatic carbocycles. The van der Waals surface area contributed by atoms with E-state index < -0.39 is 0 Å². The number of amides is 2. The predicted molar refractivity (Wildman–Crippen MR) is 123 cm³/mol. The Kier molecular flexibility index (Phi) is 7.89. The van der Waals surface area contributed by atoms with Crippen molar-refractivity contribution in [1.29, 1.82) is 0 Å². The summed E-state index contributed by atoms with van der Waals surface area (Å²) in [6.45, 7) is 3.51. The second-order valence-electron chi connectivity index (χ2n) is 8.18. The lowest BCUT2D eigenvalue weighted by Gasteiger charge is -2.22. The maximum atomic E-state index is 13.0. The molecule has 2 aromatic rings. The predicted octanol–water partition coefficient (Wildman–Crippen LogP) is 1.81. The average Bonchev–Trinajstić information content (AvgIpc) is 3.31. The smallest absolute Gasteiger partial charge is 0.255 e. The van der Waals surface area contributed by atoms with Gasteiger partial charge in [-0.1, -0.05) is 6.07 Å². The number of carbonyl (C=O) groups is 2. The van der Waals surface area contributed by atoms with Crippen molar-refractivity contribution in [3.8, 4) is 5.75 Å². The topological polar surface area (TPSA) is 75.1 Å². The Morgan fingerprint density at radius 1 is 1.06 bits per heavy atom. The number of nitrogens with zero attached hydrogens (tertiary/aromatic N) is 1. The van der Waals surface area contributed by atoms with Crippen LogP contribution in [0.2, 0.25) is 0 Å². The van der Waals surface area contributed by atoms with E-state index in [-0.39, 0.29) is 11.8 Å². The molecule has 0 aliphatic carbocycles. The molecule has 3 N–H and O–H groups in total. The van der Waals surface area contributed by atoms with Crippen LogP contribution in [0.1, 0.15) is 40.0 Å². The summed E-state index contributed by atoms with van der Waals surface area (Å²) in [5.74, 6) is 0.276. The molecule has 0 radical (unpaired) electrons. The van der Waals surface area contributed by atoms with Gasteiger partial charge in [-0.15, -0.1) is 0 Å². The molecule has 0 spiro atoms. The summed E-state index contributed by atoms with van der Waals surface area (Å²) >= 11 is 0. The lowest BCUT2D eigenvalue weighted by Crippen LogP contribution is -3.05. The Labute approximate surface area is 184 Å². The molecule has 1 fully saturated rings. The minimum atomic E-state index is -0.242. The number of rotatable bonds is 9. The molecule has 1 heterocycles. The first-order chi connectivity index (χ1) is 15.0. The highest BCUT2D eigenvalue weighted by molar-refractivity contribution is 6.06. The van der Waals surface area contributed by atoms with Gasteiger partial charge in [0.15, 0.2) is 0 Å². The fourth-order valence-electron chi connectivity index (χ4n) is 3.74. The summed E-state index contributed by atoms with van der Waals surface area (Å²) in [4.78, 5) is 29.3. The molecule has 7 nitrogen and oxygen atoms in total. The van der Waals surface area contributed by atoms with E-state index in [0.29, 0.717) is 29.1 Å². The standard InChI is InChI=1S/C24H32N4O3/c1-27(2)13-7-12-25-24(30)21-17-19(10-11-22(21)28-14-4-5-15-28)26-23(29)18-8-6-9-20(16-18)31-3/h6,8-11,16-17H,4-5,7,12-15H2,1-3H3,(H,25,30)(H,26,29)/p+1. The number of hydrogen-bond donors (Lipinski definition) is 3. The number of anilines is 2. The second kappa shape index (κ2) is 10.8. The molecule has 7 heteroatoms. The van der Waals surface area contributed by atoms with Crippen molar-refractivity contribution >= 4 is 23.2 Å². The van der Waals surface area contributed by atoms with Gasteiger partial charge < -0.3 is 25.2 Å². The van der Waals surface area contributed by atoms with E-state index in [0.717, 1.165) is 44.6 Å². The Balaban J connectivity index is 1.77. The summed E-state index contributed by atoms with van der Waals surface area (Å²) in [6.07, 6.45) is 3.17. The molecule has 0 saturated carbocycles. The average molecular weight is 426 g/mol. The van der Waals surface area contributed by atoms with Gasteiger partial charge in [-0.3, -0.25) is 9.59 Å². The van der Waals surface area contributed by atoms with Crippen LogP contribution >= 0.6 is 0 Å². The Morgan fingerprint density at radius 3 is 2.55 bits per heavy atom. The van der Waals surface area contributed by atoms with Crippen LogP contribution in [0.25, 0.3) is 0 Å². The van der Waals surface area contributed by atoms with Crippen LogP contribution in [0.4, 0.5) is 11.4 Å². The van der Waals surface area contributed by atoms with E-state index in [1.165, 1.54) is 4.90 Å². The third-order valence-corrected chi connectivity index (χ3v) is 5.42. The Bertz CT molecular complexity index is 907. The summed E-state index contributed by atoms with van der Waals surface area (Å²) in [6, 6.07) is 12.6. The van der Waals surface area contributed by atoms with E-state index >= 15 is 0 Å². The lowest BCUT2D eigenvalue weighted by molar-refractivity contribution is -0.858. The number of ether oxygens (including phenoxy) is 1. The monoisotopic (exact) mass is 425 g/mol. The van der Waals surface area contributed by atoms with Crippen molar-refractivity contribution in [1.82, 2.24) is 5.32 Å². The van der Waals surface area contributed by atoms with E-state index in [1.807, 2.05) is 12.1 Å². The maximum Gasteiger partial charge on any atom is 0.255 e. The molecule has 0 atom stereocenters. The molecule has 166 valence electrons. The number of nitrogens with one attached hydrogen (secondary N) is 3. The van der Waals surface area contributed by atoms with Gasteiger partial charge in [-0.25, -0.2) is 0 Å². The minimum absolute atomic E-state index is 0.104. The lowest BCUT2D eigenvalue weighted by atomic mass is 10.1. The maximum absolute atomic E-state index is 13.0. The zero-order valence-electron chi connectivity index (χ0n) is 18.7. The van der Waals surface area contributed by atoms with Crippen LogP contribution in [0, 0.1) is 0 Å². The number of benzene rings is 2. The van der Waals surface area contributed by atoms with Crippen molar-refractivity contribution in [3.05, 3.63) is 53.6 Å². The summed E-state index contributed by atoms with van der Waals surface area (Å²) in [5.41, 5.74) is 2.62. The molecule has 1 aliphatic heterocycles. The van der Waals surface area contributed by atoms with E-state index in [1.54, 1.807) is 37.4 Å². The van der Waals surface area contributed by atoms with Crippen molar-refractivity contribution < 1.29 is 19.2 Å². The van der Waals surface area contributed by atoms with Crippen molar-refractivity contribution in [2.75, 3.05) is 57.6 Å². The first kappa shape index (κ1) is 22.6. The molecule has 0 aromatic heterocycles. The van der Waals surface area contributed by atoms with Gasteiger partial charge in [0.05, 0.1) is 33.3 Å². The molecule has 2 amide bonds. The fraction of sp³-hybridized carbons (Fsp3) is 0.417. The van der Waals surface area contributed by atoms with E-state index in [4.69, 9.17) is 4.74 Å². The number of hydrogen-bond acceptors (Lipinski definition) is 4. The molecule has 0 unspecified atom stereocenters. The van der Waals surface area contributed by atoms with Gasteiger partial charge in [0.1, 0.15) is 5.75 Å². The van der Waals surface area contributed by atoms with Gasteiger partial charge in [0.2, 0.25) is 0 Å². The Morgan fingerprint density at radius 2 is 1.84 bits per heavy atom. The third-order valence-electron chi connectivity index (χ3n) is 5.42. The van der Waals surface area contributed by atoms with Gasteiger partial charge in [-0.05, 0) is 49.2 Å². The van der Waals surface area contributed by atoms with Crippen LogP contribution in [-0.4, -0.2) is 59.2 Å². The molecular formula is C24H33N4O3+. The minimum Gasteiger partial charge on any atom is -0.497 e.